The monoisotopic (exact) mass is 484 g/mol. The Hall–Kier alpha value is -3.81. The molecule has 1 aromatic heterocycles. The van der Waals surface area contributed by atoms with Crippen molar-refractivity contribution in [1.29, 1.82) is 0 Å². The lowest BCUT2D eigenvalue weighted by molar-refractivity contribution is 0.159. The van der Waals surface area contributed by atoms with E-state index >= 15 is 0 Å². The minimum absolute atomic E-state index is 0.0934. The van der Waals surface area contributed by atoms with Crippen LogP contribution >= 0.6 is 0 Å². The van der Waals surface area contributed by atoms with E-state index in [1.54, 1.807) is 25.3 Å². The molecular formula is C29H29FN4O2. The van der Waals surface area contributed by atoms with Gasteiger partial charge in [0.1, 0.15) is 0 Å². The molecule has 6 nitrogen and oxygen atoms in total. The molecule has 0 bridgehead atoms. The molecule has 4 aromatic rings. The number of likely N-dealkylation sites (tertiary alicyclic amines) is 1. The van der Waals surface area contributed by atoms with Gasteiger partial charge in [0.2, 0.25) is 5.95 Å². The Bertz CT molecular complexity index is 1330. The fraction of sp³-hybridized carbons (Fsp3) is 0.241. The molecule has 1 aliphatic heterocycles. The first-order valence-corrected chi connectivity index (χ1v) is 12.1. The molecule has 0 radical (unpaired) electrons. The summed E-state index contributed by atoms with van der Waals surface area (Å²) in [5.74, 6) is -0.422. The number of ether oxygens (including phenoxy) is 1. The van der Waals surface area contributed by atoms with Crippen LogP contribution in [0.1, 0.15) is 11.5 Å². The van der Waals surface area contributed by atoms with Crippen molar-refractivity contribution in [2.75, 3.05) is 38.7 Å². The molecule has 184 valence electrons. The van der Waals surface area contributed by atoms with Gasteiger partial charge in [-0.1, -0.05) is 78.9 Å². The van der Waals surface area contributed by atoms with Crippen molar-refractivity contribution < 1.29 is 13.9 Å². The summed E-state index contributed by atoms with van der Waals surface area (Å²) in [6, 6.07) is 26.2. The van der Waals surface area contributed by atoms with Crippen molar-refractivity contribution in [3.05, 3.63) is 96.4 Å². The van der Waals surface area contributed by atoms with E-state index in [0.717, 1.165) is 18.7 Å². The summed E-state index contributed by atoms with van der Waals surface area (Å²) < 4.78 is 20.2. The van der Waals surface area contributed by atoms with Crippen LogP contribution in [-0.4, -0.2) is 55.3 Å². The van der Waals surface area contributed by atoms with Crippen molar-refractivity contribution in [2.24, 2.45) is 0 Å². The largest absolute Gasteiger partial charge is 0.383 e. The Morgan fingerprint density at radius 3 is 2.36 bits per heavy atom. The smallest absolute Gasteiger partial charge is 0.319 e. The zero-order valence-electron chi connectivity index (χ0n) is 20.2. The molecule has 1 aliphatic rings. The van der Waals surface area contributed by atoms with Gasteiger partial charge in [-0.15, -0.1) is 0 Å². The van der Waals surface area contributed by atoms with Gasteiger partial charge in [0.25, 0.3) is 0 Å². The number of benzene rings is 3. The molecule has 36 heavy (non-hydrogen) atoms. The van der Waals surface area contributed by atoms with Crippen LogP contribution in [0, 0.1) is 5.95 Å². The first kappa shape index (κ1) is 23.9. The van der Waals surface area contributed by atoms with Gasteiger partial charge in [0.05, 0.1) is 24.0 Å². The second kappa shape index (κ2) is 10.8. The lowest BCUT2D eigenvalue weighted by atomic mass is 9.94. The molecule has 0 unspecified atom stereocenters. The number of methoxy groups -OCH3 is 1. The molecule has 7 heteroatoms. The first-order valence-electron chi connectivity index (χ1n) is 12.1. The van der Waals surface area contributed by atoms with Crippen LogP contribution in [0.25, 0.3) is 22.0 Å². The number of fused-ring (bicyclic) bond motifs is 1. The quantitative estimate of drug-likeness (QED) is 0.351. The number of pyridine rings is 1. The lowest BCUT2D eigenvalue weighted by Gasteiger charge is -2.21. The summed E-state index contributed by atoms with van der Waals surface area (Å²) in [5, 5.41) is 7.17. The maximum Gasteiger partial charge on any atom is 0.319 e. The molecule has 2 amide bonds. The molecule has 0 aliphatic carbocycles. The average molecular weight is 485 g/mol. The molecule has 1 saturated heterocycles. The number of nitrogens with zero attached hydrogens (tertiary/aromatic N) is 2. The van der Waals surface area contributed by atoms with Gasteiger partial charge in [-0.3, -0.25) is 4.90 Å². The zero-order valence-corrected chi connectivity index (χ0v) is 20.2. The van der Waals surface area contributed by atoms with Crippen LogP contribution in [0.5, 0.6) is 0 Å². The average Bonchev–Trinajstić information content (AvgIpc) is 3.32. The van der Waals surface area contributed by atoms with Crippen molar-refractivity contribution >= 4 is 22.5 Å². The molecule has 5 rings (SSSR count). The second-order valence-corrected chi connectivity index (χ2v) is 9.01. The van der Waals surface area contributed by atoms with E-state index in [4.69, 9.17) is 4.74 Å². The predicted octanol–water partition coefficient (Wildman–Crippen LogP) is 5.28. The van der Waals surface area contributed by atoms with Crippen molar-refractivity contribution in [1.82, 2.24) is 15.2 Å². The zero-order chi connectivity index (χ0) is 24.9. The molecule has 2 N–H and O–H groups in total. The fourth-order valence-corrected chi connectivity index (χ4v) is 4.94. The summed E-state index contributed by atoms with van der Waals surface area (Å²) in [6.45, 7) is 2.97. The van der Waals surface area contributed by atoms with Gasteiger partial charge < -0.3 is 15.4 Å². The minimum Gasteiger partial charge on any atom is -0.383 e. The van der Waals surface area contributed by atoms with Gasteiger partial charge in [-0.2, -0.15) is 4.39 Å². The number of carbonyl (C=O) groups is 1. The minimum atomic E-state index is -0.566. The second-order valence-electron chi connectivity index (χ2n) is 9.01. The van der Waals surface area contributed by atoms with Crippen LogP contribution in [-0.2, 0) is 4.74 Å². The molecule has 0 spiro atoms. The number of urea groups is 1. The highest BCUT2D eigenvalue weighted by Crippen LogP contribution is 2.34. The van der Waals surface area contributed by atoms with E-state index in [0.29, 0.717) is 35.3 Å². The van der Waals surface area contributed by atoms with Crippen LogP contribution in [0.4, 0.5) is 14.9 Å². The molecule has 3 aromatic carbocycles. The van der Waals surface area contributed by atoms with Gasteiger partial charge >= 0.3 is 6.03 Å². The Morgan fingerprint density at radius 1 is 0.972 bits per heavy atom. The third kappa shape index (κ3) is 5.08. The van der Waals surface area contributed by atoms with Gasteiger partial charge in [-0.05, 0) is 11.6 Å². The highest BCUT2D eigenvalue weighted by Gasteiger charge is 2.34. The Morgan fingerprint density at radius 2 is 1.64 bits per heavy atom. The van der Waals surface area contributed by atoms with Crippen LogP contribution < -0.4 is 10.6 Å². The maximum absolute atomic E-state index is 14.9. The van der Waals surface area contributed by atoms with Crippen molar-refractivity contribution in [3.8, 4) is 11.3 Å². The Kier molecular flexibility index (Phi) is 7.21. The third-order valence-corrected chi connectivity index (χ3v) is 6.70. The number of rotatable bonds is 7. The van der Waals surface area contributed by atoms with E-state index < -0.39 is 5.95 Å². The maximum atomic E-state index is 14.9. The van der Waals surface area contributed by atoms with E-state index in [2.05, 4.69) is 32.7 Å². The van der Waals surface area contributed by atoms with Gasteiger partial charge in [0.15, 0.2) is 0 Å². The number of nitrogens with one attached hydrogen (secondary N) is 2. The summed E-state index contributed by atoms with van der Waals surface area (Å²) in [7, 11) is 1.69. The Balaban J connectivity index is 1.44. The van der Waals surface area contributed by atoms with Gasteiger partial charge in [0, 0.05) is 49.0 Å². The number of hydrogen-bond acceptors (Lipinski definition) is 4. The van der Waals surface area contributed by atoms with E-state index in [9.17, 15) is 9.18 Å². The standard InChI is InChI=1S/C29H29FN4O2/c1-36-17-16-34-18-24(20-10-4-2-5-11-20)25(19-34)31-29(35)33-27-22-14-8-9-15-23(22)28(30)32-26(27)21-12-6-3-7-13-21/h2-15,24-25H,16-19H2,1H3,(H2,31,33,35)/t24-,25+/m0/s1. The summed E-state index contributed by atoms with van der Waals surface area (Å²) in [5.41, 5.74) is 2.80. The normalized spacial score (nSPS) is 17.8. The van der Waals surface area contributed by atoms with E-state index in [-0.39, 0.29) is 18.0 Å². The summed E-state index contributed by atoms with van der Waals surface area (Å²) in [4.78, 5) is 19.9. The summed E-state index contributed by atoms with van der Waals surface area (Å²) in [6.07, 6.45) is 0. The van der Waals surface area contributed by atoms with Crippen LogP contribution in [0.15, 0.2) is 84.9 Å². The number of hydrogen-bond donors (Lipinski definition) is 2. The molecule has 2 atom stereocenters. The fourth-order valence-electron chi connectivity index (χ4n) is 4.94. The molecule has 2 heterocycles. The molecule has 1 fully saturated rings. The number of amides is 2. The number of anilines is 1. The number of carbonyl (C=O) groups excluding carboxylic acids is 1. The molecular weight excluding hydrogens is 455 g/mol. The topological polar surface area (TPSA) is 66.5 Å². The van der Waals surface area contributed by atoms with Crippen LogP contribution in [0.3, 0.4) is 0 Å². The van der Waals surface area contributed by atoms with E-state index in [1.165, 1.54) is 5.56 Å². The molecule has 0 saturated carbocycles. The first-order chi connectivity index (χ1) is 17.6. The summed E-state index contributed by atoms with van der Waals surface area (Å²) >= 11 is 0. The van der Waals surface area contributed by atoms with Crippen molar-refractivity contribution in [2.45, 2.75) is 12.0 Å². The van der Waals surface area contributed by atoms with Gasteiger partial charge in [-0.25, -0.2) is 9.78 Å². The van der Waals surface area contributed by atoms with Crippen LogP contribution in [0.2, 0.25) is 0 Å². The number of halogens is 1. The SMILES string of the molecule is COCCN1C[C@@H](NC(=O)Nc2c(-c3ccccc3)nc(F)c3ccccc23)[C@H](c2ccccc2)C1. The number of aromatic nitrogens is 1. The third-order valence-electron chi connectivity index (χ3n) is 6.70. The highest BCUT2D eigenvalue weighted by molar-refractivity contribution is 6.06. The predicted molar refractivity (Wildman–Crippen MR) is 141 cm³/mol. The lowest BCUT2D eigenvalue weighted by Crippen LogP contribution is -2.42. The van der Waals surface area contributed by atoms with Crippen molar-refractivity contribution in [3.63, 3.8) is 0 Å². The Labute approximate surface area is 210 Å². The highest BCUT2D eigenvalue weighted by atomic mass is 19.1. The van der Waals surface area contributed by atoms with E-state index in [1.807, 2.05) is 54.6 Å².